The maximum atomic E-state index is 12.6. The third kappa shape index (κ3) is 5.73. The Kier molecular flexibility index (Phi) is 8.71. The zero-order valence-corrected chi connectivity index (χ0v) is 26.3. The van der Waals surface area contributed by atoms with Crippen LogP contribution in [-0.4, -0.2) is 38.0 Å². The zero-order valence-electron chi connectivity index (χ0n) is 24.0. The number of amides is 2. The highest BCUT2D eigenvalue weighted by Crippen LogP contribution is 2.68. The van der Waals surface area contributed by atoms with Crippen molar-refractivity contribution in [3.8, 4) is 0 Å². The van der Waals surface area contributed by atoms with E-state index in [1.807, 2.05) is 4.72 Å². The zero-order chi connectivity index (χ0) is 28.9. The molecule has 9 atom stereocenters. The average Bonchev–Trinajstić information content (AvgIpc) is 3.49. The molecule has 0 aliphatic heterocycles. The van der Waals surface area contributed by atoms with Crippen LogP contribution in [0, 0.1) is 46.3 Å². The fourth-order valence-electron chi connectivity index (χ4n) is 9.72. The first-order chi connectivity index (χ1) is 18.8. The minimum absolute atomic E-state index is 0.0388. The summed E-state index contributed by atoms with van der Waals surface area (Å²) in [5.41, 5.74) is 0.696. The summed E-state index contributed by atoms with van der Waals surface area (Å²) >= 11 is 6.67. The molecule has 40 heavy (non-hydrogen) atoms. The Balaban J connectivity index is 1.11. The summed E-state index contributed by atoms with van der Waals surface area (Å²) in [6, 6.07) is 2.80. The molecule has 5 unspecified atom stereocenters. The summed E-state index contributed by atoms with van der Waals surface area (Å²) in [4.78, 5) is 24.8. The first-order valence-corrected chi connectivity index (χ1v) is 17.8. The van der Waals surface area contributed by atoms with Crippen LogP contribution in [0.5, 0.6) is 0 Å². The van der Waals surface area contributed by atoms with Crippen molar-refractivity contribution in [1.29, 1.82) is 0 Å². The third-order valence-electron chi connectivity index (χ3n) is 11.7. The molecular weight excluding hydrogens is 568 g/mol. The van der Waals surface area contributed by atoms with Crippen molar-refractivity contribution in [3.05, 3.63) is 16.5 Å². The molecule has 4 aliphatic rings. The normalized spacial score (nSPS) is 38.0. The van der Waals surface area contributed by atoms with E-state index in [-0.39, 0.29) is 22.8 Å². The van der Waals surface area contributed by atoms with E-state index < -0.39 is 15.9 Å². The number of fused-ring (bicyclic) bond motifs is 5. The quantitative estimate of drug-likeness (QED) is 0.346. The van der Waals surface area contributed by atoms with E-state index in [4.69, 9.17) is 11.6 Å². The van der Waals surface area contributed by atoms with Crippen molar-refractivity contribution in [3.63, 3.8) is 0 Å². The van der Waals surface area contributed by atoms with Gasteiger partial charge in [0.15, 0.2) is 0 Å². The Hall–Kier alpha value is -1.16. The number of aliphatic hydroxyl groups is 1. The van der Waals surface area contributed by atoms with E-state index in [9.17, 15) is 23.1 Å². The maximum Gasteiger partial charge on any atom is 0.273 e. The molecule has 1 aromatic heterocycles. The smallest absolute Gasteiger partial charge is 0.273 e. The van der Waals surface area contributed by atoms with Gasteiger partial charge in [0, 0.05) is 6.42 Å². The van der Waals surface area contributed by atoms with Crippen molar-refractivity contribution < 1.29 is 23.1 Å². The average molecular weight is 613 g/mol. The van der Waals surface area contributed by atoms with Crippen LogP contribution in [-0.2, 0) is 19.6 Å². The van der Waals surface area contributed by atoms with E-state index in [1.54, 1.807) is 0 Å². The van der Waals surface area contributed by atoms with E-state index in [0.29, 0.717) is 39.3 Å². The number of aliphatic hydroxyl groups excluding tert-OH is 1. The number of nitrogens with one attached hydrogen (secondary N) is 2. The molecule has 0 aromatic carbocycles. The van der Waals surface area contributed by atoms with Gasteiger partial charge in [-0.25, -0.2) is 13.1 Å². The number of rotatable bonds is 8. The van der Waals surface area contributed by atoms with Crippen LogP contribution in [0.3, 0.4) is 0 Å². The Morgan fingerprint density at radius 1 is 1.05 bits per heavy atom. The van der Waals surface area contributed by atoms with Crippen molar-refractivity contribution in [2.45, 2.75) is 102 Å². The first-order valence-electron chi connectivity index (χ1n) is 15.1. The molecule has 10 heteroatoms. The van der Waals surface area contributed by atoms with E-state index in [0.717, 1.165) is 48.4 Å². The SMILES string of the molecule is C[C@H](CCC(=O)NCC(=O)NS(=O)(=O)c1ccc(Cl)s1)C1CCC2C3CCC4C[C@H](O)CC[C@]4(C)C3CC[C@@]21C. The van der Waals surface area contributed by atoms with Gasteiger partial charge in [-0.15, -0.1) is 11.3 Å². The molecule has 0 bridgehead atoms. The summed E-state index contributed by atoms with van der Waals surface area (Å²) in [6.45, 7) is 6.95. The predicted molar refractivity (Wildman–Crippen MR) is 157 cm³/mol. The van der Waals surface area contributed by atoms with Crippen molar-refractivity contribution in [2.24, 2.45) is 46.3 Å². The lowest BCUT2D eigenvalue weighted by atomic mass is 9.44. The fraction of sp³-hybridized carbons (Fsp3) is 0.800. The second-order valence-corrected chi connectivity index (χ2v) is 17.3. The van der Waals surface area contributed by atoms with Crippen LogP contribution in [0.25, 0.3) is 0 Å². The van der Waals surface area contributed by atoms with Crippen LogP contribution < -0.4 is 10.0 Å². The Labute approximate surface area is 248 Å². The van der Waals surface area contributed by atoms with Crippen LogP contribution in [0.2, 0.25) is 4.34 Å². The van der Waals surface area contributed by atoms with Crippen molar-refractivity contribution >= 4 is 44.8 Å². The number of hydrogen-bond donors (Lipinski definition) is 3. The van der Waals surface area contributed by atoms with Gasteiger partial charge in [0.25, 0.3) is 15.9 Å². The number of thiophene rings is 1. The molecule has 0 radical (unpaired) electrons. The Morgan fingerprint density at radius 2 is 1.77 bits per heavy atom. The molecule has 2 amide bonds. The summed E-state index contributed by atoms with van der Waals surface area (Å²) < 4.78 is 26.9. The predicted octanol–water partition coefficient (Wildman–Crippen LogP) is 5.76. The Bertz CT molecular complexity index is 1220. The third-order valence-corrected chi connectivity index (χ3v) is 14.8. The van der Waals surface area contributed by atoms with Crippen molar-refractivity contribution in [1.82, 2.24) is 10.0 Å². The number of sulfonamides is 1. The standard InChI is InChI=1S/C30H45ClN2O5S2/c1-18(4-10-26(35)32-17-27(36)33-40(37,38)28-11-9-25(31)39-28)22-7-8-23-21-6-5-19-16-20(34)12-14-29(19,2)24(21)13-15-30(22,23)3/h9,11,18-24,34H,4-8,10,12-17H2,1-3H3,(H,32,35)(H,33,36)/t18-,19?,20-,21?,22?,23?,24?,29+,30-/m1/s1. The molecule has 4 saturated carbocycles. The largest absolute Gasteiger partial charge is 0.393 e. The molecule has 0 saturated heterocycles. The summed E-state index contributed by atoms with van der Waals surface area (Å²) in [7, 11) is -3.99. The minimum Gasteiger partial charge on any atom is -0.393 e. The Morgan fingerprint density at radius 3 is 2.50 bits per heavy atom. The maximum absolute atomic E-state index is 12.6. The van der Waals surface area contributed by atoms with Gasteiger partial charge in [-0.3, -0.25) is 9.59 Å². The number of hydrogen-bond acceptors (Lipinski definition) is 6. The lowest BCUT2D eigenvalue weighted by Crippen LogP contribution is -2.54. The van der Waals surface area contributed by atoms with Crippen LogP contribution >= 0.6 is 22.9 Å². The number of halogens is 1. The van der Waals surface area contributed by atoms with Crippen LogP contribution in [0.1, 0.15) is 91.4 Å². The summed E-state index contributed by atoms with van der Waals surface area (Å²) in [5, 5.41) is 12.9. The van der Waals surface area contributed by atoms with Gasteiger partial charge in [0.1, 0.15) is 4.21 Å². The van der Waals surface area contributed by atoms with Gasteiger partial charge in [0.2, 0.25) is 5.91 Å². The molecule has 0 spiro atoms. The molecule has 3 N–H and O–H groups in total. The highest BCUT2D eigenvalue weighted by Gasteiger charge is 2.60. The van der Waals surface area contributed by atoms with E-state index in [1.165, 1.54) is 57.1 Å². The topological polar surface area (TPSA) is 113 Å². The molecule has 5 rings (SSSR count). The summed E-state index contributed by atoms with van der Waals surface area (Å²) in [5.74, 6) is 2.99. The van der Waals surface area contributed by atoms with Gasteiger partial charge < -0.3 is 10.4 Å². The molecule has 4 aliphatic carbocycles. The van der Waals surface area contributed by atoms with Gasteiger partial charge in [0.05, 0.1) is 17.0 Å². The highest BCUT2D eigenvalue weighted by atomic mass is 35.5. The molecule has 224 valence electrons. The molecular formula is C30H45ClN2O5S2. The van der Waals surface area contributed by atoms with Gasteiger partial charge in [-0.05, 0) is 123 Å². The number of carbonyl (C=O) groups is 2. The van der Waals surface area contributed by atoms with Gasteiger partial charge in [-0.1, -0.05) is 32.4 Å². The van der Waals surface area contributed by atoms with E-state index >= 15 is 0 Å². The first kappa shape index (κ1) is 30.3. The molecule has 4 fully saturated rings. The monoisotopic (exact) mass is 612 g/mol. The number of carbonyl (C=O) groups excluding carboxylic acids is 2. The second kappa shape index (κ2) is 11.5. The van der Waals surface area contributed by atoms with Crippen LogP contribution in [0.15, 0.2) is 16.3 Å². The van der Waals surface area contributed by atoms with Crippen molar-refractivity contribution in [2.75, 3.05) is 6.54 Å². The lowest BCUT2D eigenvalue weighted by Gasteiger charge is -2.61. The van der Waals surface area contributed by atoms with Gasteiger partial charge in [-0.2, -0.15) is 0 Å². The molecule has 1 aromatic rings. The lowest BCUT2D eigenvalue weighted by molar-refractivity contribution is -0.130. The second-order valence-electron chi connectivity index (χ2n) is 13.7. The highest BCUT2D eigenvalue weighted by molar-refractivity contribution is 7.92. The minimum atomic E-state index is -3.99. The fourth-order valence-corrected chi connectivity index (χ4v) is 12.2. The molecule has 7 nitrogen and oxygen atoms in total. The summed E-state index contributed by atoms with van der Waals surface area (Å²) in [6.07, 6.45) is 11.7. The van der Waals surface area contributed by atoms with Crippen LogP contribution in [0.4, 0.5) is 0 Å². The molecule has 1 heterocycles. The van der Waals surface area contributed by atoms with Gasteiger partial charge >= 0.3 is 0 Å². The van der Waals surface area contributed by atoms with E-state index in [2.05, 4.69) is 26.1 Å².